The van der Waals surface area contributed by atoms with Crippen LogP contribution in [0.3, 0.4) is 0 Å². The van der Waals surface area contributed by atoms with Gasteiger partial charge in [-0.05, 0) is 55.0 Å². The molecular weight excluding hydrogens is 206 g/mol. The Balaban J connectivity index is 2.15. The zero-order valence-electron chi connectivity index (χ0n) is 10.4. The molecule has 0 fully saturated rings. The smallest absolute Gasteiger partial charge is 0.0379 e. The van der Waals surface area contributed by atoms with Gasteiger partial charge in [-0.25, -0.2) is 0 Å². The van der Waals surface area contributed by atoms with E-state index in [-0.39, 0.29) is 0 Å². The van der Waals surface area contributed by atoms with E-state index in [2.05, 4.69) is 37.2 Å². The minimum atomic E-state index is 1.14. The van der Waals surface area contributed by atoms with E-state index in [1.807, 2.05) is 24.3 Å². The minimum Gasteiger partial charge on any atom is -0.361 e. The van der Waals surface area contributed by atoms with Crippen LogP contribution in [0.5, 0.6) is 0 Å². The first kappa shape index (κ1) is 11.7. The first-order valence-corrected chi connectivity index (χ1v) is 6.14. The highest BCUT2D eigenvalue weighted by Crippen LogP contribution is 2.29. The molecule has 0 saturated carbocycles. The lowest BCUT2D eigenvalue weighted by atomic mass is 9.89. The largest absolute Gasteiger partial charge is 0.361 e. The van der Waals surface area contributed by atoms with Crippen LogP contribution in [0.2, 0.25) is 0 Å². The number of hydrogen-bond acceptors (Lipinski definition) is 1. The highest BCUT2D eigenvalue weighted by atomic mass is 14.8. The quantitative estimate of drug-likeness (QED) is 0.788. The molecule has 0 heterocycles. The van der Waals surface area contributed by atoms with E-state index in [9.17, 15) is 0 Å². The maximum atomic E-state index is 3.88. The van der Waals surface area contributed by atoms with E-state index in [0.29, 0.717) is 0 Å². The molecule has 1 aliphatic carbocycles. The molecule has 0 spiro atoms. The molecule has 1 aromatic rings. The normalized spacial score (nSPS) is 18.3. The summed E-state index contributed by atoms with van der Waals surface area (Å²) in [4.78, 5) is 0. The molecule has 1 nitrogen and oxygen atoms in total. The Morgan fingerprint density at radius 2 is 1.94 bits per heavy atom. The average molecular weight is 225 g/mol. The van der Waals surface area contributed by atoms with Gasteiger partial charge in [0.2, 0.25) is 0 Å². The Morgan fingerprint density at radius 3 is 2.65 bits per heavy atom. The van der Waals surface area contributed by atoms with Gasteiger partial charge >= 0.3 is 0 Å². The van der Waals surface area contributed by atoms with Crippen LogP contribution in [-0.4, -0.2) is 0 Å². The van der Waals surface area contributed by atoms with Gasteiger partial charge in [-0.1, -0.05) is 30.9 Å². The second-order valence-electron chi connectivity index (χ2n) is 4.39. The zero-order valence-corrected chi connectivity index (χ0v) is 10.4. The van der Waals surface area contributed by atoms with Gasteiger partial charge in [0.1, 0.15) is 0 Å². The molecule has 0 radical (unpaired) electrons. The maximum Gasteiger partial charge on any atom is 0.0379 e. The Hall–Kier alpha value is -1.76. The third kappa shape index (κ3) is 2.88. The molecule has 88 valence electrons. The van der Waals surface area contributed by atoms with Crippen molar-refractivity contribution in [2.45, 2.75) is 26.2 Å². The number of benzene rings is 1. The van der Waals surface area contributed by atoms with Gasteiger partial charge in [-0.3, -0.25) is 0 Å². The predicted octanol–water partition coefficient (Wildman–Crippen LogP) is 4.67. The van der Waals surface area contributed by atoms with Crippen molar-refractivity contribution < 1.29 is 0 Å². The lowest BCUT2D eigenvalue weighted by Gasteiger charge is -2.18. The molecule has 0 bridgehead atoms. The number of nitrogens with one attached hydrogen (secondary N) is 1. The molecule has 1 heteroatoms. The maximum absolute atomic E-state index is 3.88. The molecule has 0 saturated heterocycles. The van der Waals surface area contributed by atoms with Crippen LogP contribution in [0.15, 0.2) is 65.9 Å². The molecule has 2 rings (SSSR count). The molecule has 0 atom stereocenters. The summed E-state index contributed by atoms with van der Waals surface area (Å²) >= 11 is 0. The lowest BCUT2D eigenvalue weighted by Crippen LogP contribution is -2.01. The van der Waals surface area contributed by atoms with Crippen molar-refractivity contribution in [3.05, 3.63) is 65.9 Å². The van der Waals surface area contributed by atoms with Crippen molar-refractivity contribution in [3.8, 4) is 0 Å². The topological polar surface area (TPSA) is 12.0 Å². The SMILES string of the molecule is C=CC1=C(C)/C(=C/Nc2ccccc2)CCC1. The Labute approximate surface area is 104 Å². The minimum absolute atomic E-state index is 1.14. The summed E-state index contributed by atoms with van der Waals surface area (Å²) in [5, 5.41) is 3.36. The van der Waals surface area contributed by atoms with Crippen LogP contribution in [0, 0.1) is 0 Å². The highest BCUT2D eigenvalue weighted by Gasteiger charge is 2.11. The van der Waals surface area contributed by atoms with Crippen molar-refractivity contribution in [2.75, 3.05) is 5.32 Å². The van der Waals surface area contributed by atoms with Crippen molar-refractivity contribution in [1.29, 1.82) is 0 Å². The summed E-state index contributed by atoms with van der Waals surface area (Å²) in [5.41, 5.74) is 5.31. The summed E-state index contributed by atoms with van der Waals surface area (Å²) in [7, 11) is 0. The summed E-state index contributed by atoms with van der Waals surface area (Å²) < 4.78 is 0. The summed E-state index contributed by atoms with van der Waals surface area (Å²) in [6.07, 6.45) is 7.67. The Morgan fingerprint density at radius 1 is 1.18 bits per heavy atom. The molecule has 1 N–H and O–H groups in total. The van der Waals surface area contributed by atoms with Crippen LogP contribution in [-0.2, 0) is 0 Å². The molecule has 0 aliphatic heterocycles. The molecule has 0 unspecified atom stereocenters. The predicted molar refractivity (Wildman–Crippen MR) is 74.9 cm³/mol. The van der Waals surface area contributed by atoms with E-state index in [1.54, 1.807) is 0 Å². The van der Waals surface area contributed by atoms with Crippen LogP contribution in [0.25, 0.3) is 0 Å². The number of para-hydroxylation sites is 1. The molecule has 0 amide bonds. The van der Waals surface area contributed by atoms with Gasteiger partial charge in [0.15, 0.2) is 0 Å². The van der Waals surface area contributed by atoms with E-state index >= 15 is 0 Å². The standard InChI is InChI=1S/C16H19N/c1-3-14-8-7-9-15(13(14)2)12-17-16-10-5-4-6-11-16/h3-6,10-12,17H,1,7-9H2,2H3/b15-12+. The summed E-state index contributed by atoms with van der Waals surface area (Å²) in [6.45, 7) is 6.07. The van der Waals surface area contributed by atoms with Crippen molar-refractivity contribution >= 4 is 5.69 Å². The fourth-order valence-electron chi connectivity index (χ4n) is 2.19. The van der Waals surface area contributed by atoms with Crippen LogP contribution < -0.4 is 5.32 Å². The number of rotatable bonds is 3. The zero-order chi connectivity index (χ0) is 12.1. The van der Waals surface area contributed by atoms with Gasteiger partial charge in [-0.15, -0.1) is 0 Å². The number of anilines is 1. The van der Waals surface area contributed by atoms with Crippen molar-refractivity contribution in [2.24, 2.45) is 0 Å². The van der Waals surface area contributed by atoms with Crippen LogP contribution in [0.1, 0.15) is 26.2 Å². The van der Waals surface area contributed by atoms with Crippen LogP contribution in [0.4, 0.5) is 5.69 Å². The second-order valence-corrected chi connectivity index (χ2v) is 4.39. The van der Waals surface area contributed by atoms with E-state index in [0.717, 1.165) is 18.5 Å². The monoisotopic (exact) mass is 225 g/mol. The average Bonchev–Trinajstić information content (AvgIpc) is 2.39. The summed E-state index contributed by atoms with van der Waals surface area (Å²) in [6, 6.07) is 10.3. The van der Waals surface area contributed by atoms with Gasteiger partial charge in [0.05, 0.1) is 0 Å². The first-order chi connectivity index (χ1) is 8.31. The summed E-state index contributed by atoms with van der Waals surface area (Å²) in [5.74, 6) is 0. The fraction of sp³-hybridized carbons (Fsp3) is 0.250. The Kier molecular flexibility index (Phi) is 3.81. The molecule has 1 aliphatic rings. The van der Waals surface area contributed by atoms with Crippen molar-refractivity contribution in [1.82, 2.24) is 0 Å². The molecular formula is C16H19N. The van der Waals surface area contributed by atoms with Gasteiger partial charge in [0.25, 0.3) is 0 Å². The van der Waals surface area contributed by atoms with E-state index in [4.69, 9.17) is 0 Å². The van der Waals surface area contributed by atoms with Crippen molar-refractivity contribution in [3.63, 3.8) is 0 Å². The highest BCUT2D eigenvalue weighted by molar-refractivity contribution is 5.49. The van der Waals surface area contributed by atoms with E-state index in [1.165, 1.54) is 23.1 Å². The lowest BCUT2D eigenvalue weighted by molar-refractivity contribution is 0.776. The van der Waals surface area contributed by atoms with E-state index < -0.39 is 0 Å². The Bertz CT molecular complexity index is 452. The van der Waals surface area contributed by atoms with Gasteiger partial charge in [-0.2, -0.15) is 0 Å². The molecule has 1 aromatic carbocycles. The van der Waals surface area contributed by atoms with Crippen LogP contribution >= 0.6 is 0 Å². The van der Waals surface area contributed by atoms with Gasteiger partial charge < -0.3 is 5.32 Å². The number of hydrogen-bond donors (Lipinski definition) is 1. The number of allylic oxidation sites excluding steroid dienone is 4. The fourth-order valence-corrected chi connectivity index (χ4v) is 2.19. The third-order valence-corrected chi connectivity index (χ3v) is 3.29. The van der Waals surface area contributed by atoms with Gasteiger partial charge in [0, 0.05) is 11.9 Å². The first-order valence-electron chi connectivity index (χ1n) is 6.14. The second kappa shape index (κ2) is 5.53. The third-order valence-electron chi connectivity index (χ3n) is 3.29. The molecule has 0 aromatic heterocycles. The molecule has 17 heavy (non-hydrogen) atoms.